The van der Waals surface area contributed by atoms with Crippen molar-refractivity contribution in [2.45, 2.75) is 27.7 Å². The lowest BCUT2D eigenvalue weighted by Crippen LogP contribution is -2.39. The van der Waals surface area contributed by atoms with Crippen molar-refractivity contribution in [3.63, 3.8) is 0 Å². The minimum Gasteiger partial charge on any atom is -0.495 e. The average Bonchev–Trinajstić information content (AvgIpc) is 2.37. The van der Waals surface area contributed by atoms with Crippen LogP contribution in [0, 0.1) is 11.8 Å². The molecular formula is C16H25ClN2OS. The zero-order chi connectivity index (χ0) is 16.0. The van der Waals surface area contributed by atoms with E-state index < -0.39 is 0 Å². The second kappa shape index (κ2) is 8.44. The van der Waals surface area contributed by atoms with E-state index in [1.54, 1.807) is 13.2 Å². The van der Waals surface area contributed by atoms with Crippen LogP contribution < -0.4 is 10.1 Å². The van der Waals surface area contributed by atoms with E-state index in [1.807, 2.05) is 12.1 Å². The van der Waals surface area contributed by atoms with Crippen LogP contribution in [-0.4, -0.2) is 30.2 Å². The number of hydrogen-bond donors (Lipinski definition) is 1. The Kier molecular flexibility index (Phi) is 7.26. The Balaban J connectivity index is 2.87. The summed E-state index contributed by atoms with van der Waals surface area (Å²) < 4.78 is 5.34. The van der Waals surface area contributed by atoms with Crippen molar-refractivity contribution in [1.82, 2.24) is 4.90 Å². The van der Waals surface area contributed by atoms with Gasteiger partial charge in [0.25, 0.3) is 0 Å². The molecule has 0 aliphatic heterocycles. The Morgan fingerprint density at radius 2 is 1.81 bits per heavy atom. The topological polar surface area (TPSA) is 24.5 Å². The van der Waals surface area contributed by atoms with Crippen LogP contribution in [0.2, 0.25) is 5.02 Å². The van der Waals surface area contributed by atoms with Crippen molar-refractivity contribution in [2.75, 3.05) is 25.5 Å². The standard InChI is InChI=1S/C16H25ClN2OS/c1-11(2)9-19(10-12(3)4)16(21)18-14-8-13(17)6-7-15(14)20-5/h6-8,11-12H,9-10H2,1-5H3,(H,18,21). The Morgan fingerprint density at radius 1 is 1.24 bits per heavy atom. The number of methoxy groups -OCH3 is 1. The second-order valence-corrected chi connectivity index (χ2v) is 6.79. The number of ether oxygens (including phenoxy) is 1. The molecule has 0 radical (unpaired) electrons. The van der Waals surface area contributed by atoms with E-state index in [0.29, 0.717) is 22.0 Å². The molecule has 0 bridgehead atoms. The molecule has 0 aliphatic carbocycles. The van der Waals surface area contributed by atoms with Gasteiger partial charge < -0.3 is 15.0 Å². The quantitative estimate of drug-likeness (QED) is 0.768. The molecule has 0 saturated heterocycles. The van der Waals surface area contributed by atoms with Gasteiger partial charge in [0.2, 0.25) is 0 Å². The summed E-state index contributed by atoms with van der Waals surface area (Å²) in [6.07, 6.45) is 0. The van der Waals surface area contributed by atoms with Crippen molar-refractivity contribution in [2.24, 2.45) is 11.8 Å². The smallest absolute Gasteiger partial charge is 0.173 e. The van der Waals surface area contributed by atoms with Gasteiger partial charge in [0.1, 0.15) is 5.75 Å². The molecule has 0 fully saturated rings. The summed E-state index contributed by atoms with van der Waals surface area (Å²) in [5, 5.41) is 4.62. The minimum absolute atomic E-state index is 0.546. The number of anilines is 1. The molecule has 0 heterocycles. The number of hydrogen-bond acceptors (Lipinski definition) is 2. The fourth-order valence-electron chi connectivity index (χ4n) is 2.09. The number of halogens is 1. The highest BCUT2D eigenvalue weighted by Crippen LogP contribution is 2.28. The van der Waals surface area contributed by atoms with Crippen molar-refractivity contribution in [3.05, 3.63) is 23.2 Å². The first-order valence-electron chi connectivity index (χ1n) is 7.23. The maximum absolute atomic E-state index is 6.05. The lowest BCUT2D eigenvalue weighted by molar-refractivity contribution is 0.332. The van der Waals surface area contributed by atoms with Gasteiger partial charge in [-0.3, -0.25) is 0 Å². The number of nitrogens with one attached hydrogen (secondary N) is 1. The second-order valence-electron chi connectivity index (χ2n) is 5.97. The van der Waals surface area contributed by atoms with E-state index in [0.717, 1.165) is 24.5 Å². The van der Waals surface area contributed by atoms with E-state index >= 15 is 0 Å². The molecule has 1 N–H and O–H groups in total. The van der Waals surface area contributed by atoms with Gasteiger partial charge in [0.05, 0.1) is 12.8 Å². The maximum atomic E-state index is 6.05. The van der Waals surface area contributed by atoms with E-state index in [2.05, 4.69) is 37.9 Å². The van der Waals surface area contributed by atoms with Gasteiger partial charge in [-0.05, 0) is 42.3 Å². The first-order chi connectivity index (χ1) is 9.83. The molecule has 21 heavy (non-hydrogen) atoms. The normalized spacial score (nSPS) is 10.9. The zero-order valence-corrected chi connectivity index (χ0v) is 15.0. The third-order valence-corrected chi connectivity index (χ3v) is 3.46. The van der Waals surface area contributed by atoms with Crippen LogP contribution in [0.25, 0.3) is 0 Å². The van der Waals surface area contributed by atoms with Crippen LogP contribution in [0.5, 0.6) is 5.75 Å². The maximum Gasteiger partial charge on any atom is 0.173 e. The molecule has 0 unspecified atom stereocenters. The van der Waals surface area contributed by atoms with Gasteiger partial charge in [-0.2, -0.15) is 0 Å². The Bertz CT molecular complexity index is 467. The van der Waals surface area contributed by atoms with Crippen LogP contribution in [0.3, 0.4) is 0 Å². The van der Waals surface area contributed by atoms with Crippen molar-refractivity contribution >= 4 is 34.6 Å². The van der Waals surface area contributed by atoms with Crippen LogP contribution in [0.4, 0.5) is 5.69 Å². The molecule has 0 aromatic heterocycles. The molecule has 5 heteroatoms. The summed E-state index contributed by atoms with van der Waals surface area (Å²) in [4.78, 5) is 2.20. The first kappa shape index (κ1) is 18.1. The molecule has 0 aliphatic rings. The third kappa shape index (κ3) is 6.10. The summed E-state index contributed by atoms with van der Waals surface area (Å²) in [5.41, 5.74) is 0.799. The molecule has 0 saturated carbocycles. The van der Waals surface area contributed by atoms with E-state index in [1.165, 1.54) is 0 Å². The summed E-state index contributed by atoms with van der Waals surface area (Å²) in [5.74, 6) is 1.82. The summed E-state index contributed by atoms with van der Waals surface area (Å²) in [6.45, 7) is 10.6. The molecule has 3 nitrogen and oxygen atoms in total. The summed E-state index contributed by atoms with van der Waals surface area (Å²) in [6, 6.07) is 5.47. The van der Waals surface area contributed by atoms with Crippen LogP contribution in [-0.2, 0) is 0 Å². The molecule has 1 rings (SSSR count). The SMILES string of the molecule is COc1ccc(Cl)cc1NC(=S)N(CC(C)C)CC(C)C. The molecule has 0 spiro atoms. The highest BCUT2D eigenvalue weighted by molar-refractivity contribution is 7.80. The molecule has 118 valence electrons. The lowest BCUT2D eigenvalue weighted by Gasteiger charge is -2.29. The number of benzene rings is 1. The van der Waals surface area contributed by atoms with Crippen LogP contribution >= 0.6 is 23.8 Å². The van der Waals surface area contributed by atoms with E-state index in [-0.39, 0.29) is 0 Å². The predicted octanol–water partition coefficient (Wildman–Crippen LogP) is 4.66. The van der Waals surface area contributed by atoms with Gasteiger partial charge in [-0.25, -0.2) is 0 Å². The molecule has 0 amide bonds. The van der Waals surface area contributed by atoms with Gasteiger partial charge in [-0.1, -0.05) is 39.3 Å². The largest absolute Gasteiger partial charge is 0.495 e. The monoisotopic (exact) mass is 328 g/mol. The zero-order valence-electron chi connectivity index (χ0n) is 13.4. The van der Waals surface area contributed by atoms with E-state index in [4.69, 9.17) is 28.6 Å². The van der Waals surface area contributed by atoms with E-state index in [9.17, 15) is 0 Å². The molecule has 1 aromatic carbocycles. The van der Waals surface area contributed by atoms with Gasteiger partial charge in [-0.15, -0.1) is 0 Å². The highest BCUT2D eigenvalue weighted by Gasteiger charge is 2.15. The summed E-state index contributed by atoms with van der Waals surface area (Å²) >= 11 is 11.6. The fourth-order valence-corrected chi connectivity index (χ4v) is 2.53. The van der Waals surface area contributed by atoms with Crippen molar-refractivity contribution in [1.29, 1.82) is 0 Å². The Labute approximate surface area is 138 Å². The van der Waals surface area contributed by atoms with Gasteiger partial charge in [0, 0.05) is 18.1 Å². The van der Waals surface area contributed by atoms with Gasteiger partial charge in [0.15, 0.2) is 5.11 Å². The number of rotatable bonds is 6. The van der Waals surface area contributed by atoms with Crippen molar-refractivity contribution < 1.29 is 4.74 Å². The Morgan fingerprint density at radius 3 is 2.29 bits per heavy atom. The first-order valence-corrected chi connectivity index (χ1v) is 8.01. The lowest BCUT2D eigenvalue weighted by atomic mass is 10.1. The third-order valence-electron chi connectivity index (χ3n) is 2.86. The fraction of sp³-hybridized carbons (Fsp3) is 0.562. The number of thiocarbonyl (C=S) groups is 1. The highest BCUT2D eigenvalue weighted by atomic mass is 35.5. The van der Waals surface area contributed by atoms with Crippen LogP contribution in [0.15, 0.2) is 18.2 Å². The van der Waals surface area contributed by atoms with Gasteiger partial charge >= 0.3 is 0 Å². The molecule has 0 atom stereocenters. The number of nitrogens with zero attached hydrogens (tertiary/aromatic N) is 1. The molecular weight excluding hydrogens is 304 g/mol. The summed E-state index contributed by atoms with van der Waals surface area (Å²) in [7, 11) is 1.64. The predicted molar refractivity (Wildman–Crippen MR) is 95.5 cm³/mol. The Hall–Kier alpha value is -1.00. The minimum atomic E-state index is 0.546. The van der Waals surface area contributed by atoms with Crippen molar-refractivity contribution in [3.8, 4) is 5.75 Å². The molecule has 1 aromatic rings. The van der Waals surface area contributed by atoms with Crippen LogP contribution in [0.1, 0.15) is 27.7 Å². The average molecular weight is 329 g/mol.